The molecule has 0 radical (unpaired) electrons. The number of aliphatic hydroxyl groups excluding tert-OH is 1. The van der Waals surface area contributed by atoms with Crippen molar-refractivity contribution in [2.45, 2.75) is 19.6 Å². The van der Waals surface area contributed by atoms with Crippen LogP contribution in [0.25, 0.3) is 11.2 Å². The molecule has 10 heteroatoms. The summed E-state index contributed by atoms with van der Waals surface area (Å²) in [7, 11) is 1.49. The van der Waals surface area contributed by atoms with Gasteiger partial charge in [-0.2, -0.15) is 10.1 Å². The second-order valence-corrected chi connectivity index (χ2v) is 5.85. The third kappa shape index (κ3) is 3.35. The number of aryl methyl sites for hydroxylation is 1. The standard InChI is InChI=1S/C16H18N6O4/c1-9(23)8-22-12-13(21(2)16(26)19-14(12)25)18-15(22)20-17-7-10-3-5-11(24)6-4-10/h3-7,9,23-24H,8H2,1-2H3,(H,18,20)(H,19,25,26)/b17-7-/t9-/m0/s1. The summed E-state index contributed by atoms with van der Waals surface area (Å²) < 4.78 is 2.68. The highest BCUT2D eigenvalue weighted by atomic mass is 16.3. The molecule has 3 rings (SSSR count). The predicted molar refractivity (Wildman–Crippen MR) is 96.6 cm³/mol. The van der Waals surface area contributed by atoms with Crippen LogP contribution in [0.15, 0.2) is 39.0 Å². The van der Waals surface area contributed by atoms with Crippen LogP contribution in [0.3, 0.4) is 0 Å². The molecule has 0 aliphatic heterocycles. The second-order valence-electron chi connectivity index (χ2n) is 5.85. The molecule has 0 aliphatic rings. The van der Waals surface area contributed by atoms with Crippen molar-refractivity contribution in [3.63, 3.8) is 0 Å². The number of hydrazone groups is 1. The lowest BCUT2D eigenvalue weighted by Crippen LogP contribution is -2.29. The summed E-state index contributed by atoms with van der Waals surface area (Å²) >= 11 is 0. The van der Waals surface area contributed by atoms with Crippen LogP contribution in [-0.2, 0) is 13.6 Å². The fourth-order valence-corrected chi connectivity index (χ4v) is 2.49. The monoisotopic (exact) mass is 358 g/mol. The number of H-pyrrole nitrogens is 1. The van der Waals surface area contributed by atoms with Crippen molar-refractivity contribution < 1.29 is 10.2 Å². The van der Waals surface area contributed by atoms with E-state index in [9.17, 15) is 19.8 Å². The molecular weight excluding hydrogens is 340 g/mol. The molecule has 1 aromatic carbocycles. The van der Waals surface area contributed by atoms with Crippen LogP contribution >= 0.6 is 0 Å². The van der Waals surface area contributed by atoms with Crippen molar-refractivity contribution >= 4 is 23.3 Å². The largest absolute Gasteiger partial charge is 0.508 e. The number of nitrogens with one attached hydrogen (secondary N) is 2. The zero-order valence-corrected chi connectivity index (χ0v) is 14.2. The van der Waals surface area contributed by atoms with Crippen molar-refractivity contribution in [2.75, 3.05) is 5.43 Å². The van der Waals surface area contributed by atoms with Gasteiger partial charge in [-0.05, 0) is 36.8 Å². The smallest absolute Gasteiger partial charge is 0.329 e. The van der Waals surface area contributed by atoms with Crippen molar-refractivity contribution in [2.24, 2.45) is 12.1 Å². The van der Waals surface area contributed by atoms with Crippen molar-refractivity contribution in [3.05, 3.63) is 50.7 Å². The number of nitrogens with zero attached hydrogens (tertiary/aromatic N) is 4. The van der Waals surface area contributed by atoms with Crippen LogP contribution in [0.4, 0.5) is 5.95 Å². The fourth-order valence-electron chi connectivity index (χ4n) is 2.49. The Bertz CT molecular complexity index is 1080. The molecule has 0 unspecified atom stereocenters. The SMILES string of the molecule is C[C@H](O)Cn1c(N/N=C\c2ccc(O)cc2)nc2c1c(=O)[nH]c(=O)n2C. The van der Waals surface area contributed by atoms with Gasteiger partial charge in [0.1, 0.15) is 5.75 Å². The van der Waals surface area contributed by atoms with Crippen LogP contribution in [0.1, 0.15) is 12.5 Å². The van der Waals surface area contributed by atoms with Gasteiger partial charge in [-0.3, -0.25) is 14.3 Å². The molecule has 10 nitrogen and oxygen atoms in total. The molecule has 0 aliphatic carbocycles. The molecule has 0 fully saturated rings. The van der Waals surface area contributed by atoms with Gasteiger partial charge >= 0.3 is 5.69 Å². The number of aromatic amines is 1. The topological polar surface area (TPSA) is 138 Å². The van der Waals surface area contributed by atoms with Gasteiger partial charge in [0.2, 0.25) is 5.95 Å². The lowest BCUT2D eigenvalue weighted by atomic mass is 10.2. The Morgan fingerprint density at radius 2 is 2.04 bits per heavy atom. The van der Waals surface area contributed by atoms with E-state index < -0.39 is 17.4 Å². The Kier molecular flexibility index (Phi) is 4.59. The lowest BCUT2D eigenvalue weighted by Gasteiger charge is -2.09. The highest BCUT2D eigenvalue weighted by molar-refractivity contribution is 5.80. The molecular formula is C16H18N6O4. The Hall–Kier alpha value is -3.40. The number of hydrogen-bond acceptors (Lipinski definition) is 7. The number of aliphatic hydroxyl groups is 1. The van der Waals surface area contributed by atoms with Crippen molar-refractivity contribution in [1.29, 1.82) is 0 Å². The van der Waals surface area contributed by atoms with E-state index in [-0.39, 0.29) is 29.4 Å². The maximum absolute atomic E-state index is 12.2. The van der Waals surface area contributed by atoms with E-state index in [1.165, 1.54) is 34.5 Å². The van der Waals surface area contributed by atoms with E-state index in [0.29, 0.717) is 0 Å². The fraction of sp³-hybridized carbons (Fsp3) is 0.250. The average Bonchev–Trinajstić information content (AvgIpc) is 2.93. The quantitative estimate of drug-likeness (QED) is 0.373. The van der Waals surface area contributed by atoms with E-state index in [1.54, 1.807) is 19.1 Å². The predicted octanol–water partition coefficient (Wildman–Crippen LogP) is -0.0443. The van der Waals surface area contributed by atoms with Gasteiger partial charge < -0.3 is 14.8 Å². The van der Waals surface area contributed by atoms with Gasteiger partial charge in [-0.15, -0.1) is 0 Å². The summed E-state index contributed by atoms with van der Waals surface area (Å²) in [4.78, 5) is 30.4. The molecule has 0 amide bonds. The van der Waals surface area contributed by atoms with Gasteiger partial charge in [0.15, 0.2) is 11.2 Å². The Labute approximate surface area is 147 Å². The minimum atomic E-state index is -0.745. The Balaban J connectivity index is 2.02. The van der Waals surface area contributed by atoms with Gasteiger partial charge in [0.05, 0.1) is 18.9 Å². The minimum Gasteiger partial charge on any atom is -0.508 e. The number of aromatic hydroxyl groups is 1. The molecule has 4 N–H and O–H groups in total. The first kappa shape index (κ1) is 17.4. The zero-order chi connectivity index (χ0) is 18.8. The molecule has 3 aromatic rings. The first-order valence-corrected chi connectivity index (χ1v) is 7.82. The van der Waals surface area contributed by atoms with E-state index in [0.717, 1.165) is 5.56 Å². The molecule has 0 spiro atoms. The van der Waals surface area contributed by atoms with Gasteiger partial charge in [0.25, 0.3) is 5.56 Å². The van der Waals surface area contributed by atoms with Crippen LogP contribution < -0.4 is 16.7 Å². The van der Waals surface area contributed by atoms with Crippen LogP contribution in [-0.4, -0.2) is 41.6 Å². The molecule has 0 saturated carbocycles. The van der Waals surface area contributed by atoms with Gasteiger partial charge in [0, 0.05) is 7.05 Å². The van der Waals surface area contributed by atoms with E-state index in [1.807, 2.05) is 0 Å². The molecule has 0 saturated heterocycles. The van der Waals surface area contributed by atoms with Crippen molar-refractivity contribution in [1.82, 2.24) is 19.1 Å². The summed E-state index contributed by atoms with van der Waals surface area (Å²) in [5.41, 5.74) is 2.63. The normalized spacial score (nSPS) is 12.7. The first-order valence-electron chi connectivity index (χ1n) is 7.82. The lowest BCUT2D eigenvalue weighted by molar-refractivity contribution is 0.175. The summed E-state index contributed by atoms with van der Waals surface area (Å²) in [5.74, 6) is 0.358. The number of hydrogen-bond donors (Lipinski definition) is 4. The average molecular weight is 358 g/mol. The highest BCUT2D eigenvalue weighted by Gasteiger charge is 2.18. The molecule has 1 atom stereocenters. The highest BCUT2D eigenvalue weighted by Crippen LogP contribution is 2.16. The number of aromatic nitrogens is 4. The van der Waals surface area contributed by atoms with Gasteiger partial charge in [-0.1, -0.05) is 0 Å². The minimum absolute atomic E-state index is 0.0921. The molecule has 2 aromatic heterocycles. The maximum Gasteiger partial charge on any atom is 0.329 e. The number of anilines is 1. The Morgan fingerprint density at radius 1 is 1.35 bits per heavy atom. The number of fused-ring (bicyclic) bond motifs is 1. The molecule has 136 valence electrons. The first-order chi connectivity index (χ1) is 12.4. The molecule has 0 bridgehead atoms. The van der Waals surface area contributed by atoms with E-state index in [2.05, 4.69) is 20.5 Å². The zero-order valence-electron chi connectivity index (χ0n) is 14.2. The van der Waals surface area contributed by atoms with E-state index in [4.69, 9.17) is 0 Å². The van der Waals surface area contributed by atoms with E-state index >= 15 is 0 Å². The summed E-state index contributed by atoms with van der Waals surface area (Å²) in [6, 6.07) is 6.40. The van der Waals surface area contributed by atoms with Crippen LogP contribution in [0.5, 0.6) is 5.75 Å². The van der Waals surface area contributed by atoms with Crippen molar-refractivity contribution in [3.8, 4) is 5.75 Å². The second kappa shape index (κ2) is 6.84. The number of phenolic OH excluding ortho intramolecular Hbond substituents is 1. The summed E-state index contributed by atoms with van der Waals surface area (Å²) in [6.07, 6.45) is 0.764. The Morgan fingerprint density at radius 3 is 2.69 bits per heavy atom. The third-order valence-electron chi connectivity index (χ3n) is 3.73. The maximum atomic E-state index is 12.2. The number of imidazole rings is 1. The van der Waals surface area contributed by atoms with Crippen LogP contribution in [0, 0.1) is 0 Å². The number of benzene rings is 1. The number of rotatable bonds is 5. The third-order valence-corrected chi connectivity index (χ3v) is 3.73. The summed E-state index contributed by atoms with van der Waals surface area (Å²) in [6.45, 7) is 1.67. The summed E-state index contributed by atoms with van der Waals surface area (Å²) in [5, 5.41) is 23.1. The van der Waals surface area contributed by atoms with Gasteiger partial charge in [-0.25, -0.2) is 10.2 Å². The molecule has 2 heterocycles. The number of phenols is 1. The molecule has 26 heavy (non-hydrogen) atoms. The van der Waals surface area contributed by atoms with Crippen LogP contribution in [0.2, 0.25) is 0 Å².